The van der Waals surface area contributed by atoms with E-state index in [-0.39, 0.29) is 17.3 Å². The molecule has 0 bridgehead atoms. The lowest BCUT2D eigenvalue weighted by molar-refractivity contribution is 0.0692. The van der Waals surface area contributed by atoms with Gasteiger partial charge in [0.1, 0.15) is 0 Å². The number of hydrogen-bond donors (Lipinski definition) is 3. The highest BCUT2D eigenvalue weighted by atomic mass is 32.1. The van der Waals surface area contributed by atoms with E-state index in [1.54, 1.807) is 6.07 Å². The van der Waals surface area contributed by atoms with Crippen LogP contribution in [-0.4, -0.2) is 27.1 Å². The molecule has 21 heavy (non-hydrogen) atoms. The number of pyridine rings is 1. The molecule has 0 aliphatic rings. The summed E-state index contributed by atoms with van der Waals surface area (Å²) in [4.78, 5) is 30.8. The van der Waals surface area contributed by atoms with E-state index in [0.29, 0.717) is 5.13 Å². The van der Waals surface area contributed by atoms with Gasteiger partial charge < -0.3 is 10.4 Å². The minimum absolute atomic E-state index is 0.128. The van der Waals surface area contributed by atoms with Crippen LogP contribution < -0.4 is 10.6 Å². The van der Waals surface area contributed by atoms with E-state index in [1.807, 2.05) is 19.2 Å². The molecule has 2 aromatic heterocycles. The Bertz CT molecular complexity index is 669. The molecule has 0 atom stereocenters. The maximum atomic E-state index is 11.9. The highest BCUT2D eigenvalue weighted by Gasteiger charge is 2.14. The number of carbonyl (C=O) groups is 2. The summed E-state index contributed by atoms with van der Waals surface area (Å²) in [6.07, 6.45) is 1.35. The van der Waals surface area contributed by atoms with Crippen molar-refractivity contribution in [2.75, 3.05) is 10.6 Å². The number of urea groups is 1. The number of rotatable bonds is 4. The fraction of sp³-hybridized carbons (Fsp3) is 0.231. The first kappa shape index (κ1) is 14.9. The summed E-state index contributed by atoms with van der Waals surface area (Å²) in [7, 11) is 0. The van der Waals surface area contributed by atoms with Crippen LogP contribution in [0.4, 0.5) is 15.6 Å². The van der Waals surface area contributed by atoms with E-state index >= 15 is 0 Å². The predicted molar refractivity (Wildman–Crippen MR) is 80.0 cm³/mol. The molecule has 2 rings (SSSR count). The van der Waals surface area contributed by atoms with Crippen molar-refractivity contribution in [3.05, 3.63) is 35.1 Å². The number of carbonyl (C=O) groups excluding carboxylic acids is 1. The summed E-state index contributed by atoms with van der Waals surface area (Å²) in [5.74, 6) is -0.931. The molecule has 0 saturated heterocycles. The van der Waals surface area contributed by atoms with Crippen LogP contribution in [0.2, 0.25) is 0 Å². The average molecular weight is 306 g/mol. The molecule has 0 saturated carbocycles. The van der Waals surface area contributed by atoms with Crippen molar-refractivity contribution in [3.8, 4) is 0 Å². The highest BCUT2D eigenvalue weighted by molar-refractivity contribution is 7.13. The van der Waals surface area contributed by atoms with Gasteiger partial charge in [-0.15, -0.1) is 11.3 Å². The Morgan fingerprint density at radius 2 is 2.10 bits per heavy atom. The van der Waals surface area contributed by atoms with Gasteiger partial charge in [0, 0.05) is 11.6 Å². The van der Waals surface area contributed by atoms with Gasteiger partial charge in [-0.25, -0.2) is 19.6 Å². The second-order valence-electron chi connectivity index (χ2n) is 4.52. The van der Waals surface area contributed by atoms with Gasteiger partial charge in [0.15, 0.2) is 10.8 Å². The van der Waals surface area contributed by atoms with Gasteiger partial charge in [-0.2, -0.15) is 0 Å². The van der Waals surface area contributed by atoms with Crippen LogP contribution in [0.25, 0.3) is 0 Å². The Hall–Kier alpha value is -2.48. The zero-order chi connectivity index (χ0) is 15.4. The quantitative estimate of drug-likeness (QED) is 0.805. The van der Waals surface area contributed by atoms with Gasteiger partial charge in [-0.3, -0.25) is 5.32 Å². The minimum Gasteiger partial charge on any atom is -0.476 e. The number of carboxylic acids is 1. The van der Waals surface area contributed by atoms with E-state index in [0.717, 1.165) is 5.69 Å². The van der Waals surface area contributed by atoms with Crippen molar-refractivity contribution in [3.63, 3.8) is 0 Å². The largest absolute Gasteiger partial charge is 0.476 e. The molecule has 0 radical (unpaired) electrons. The molecular formula is C13H14N4O3S. The van der Waals surface area contributed by atoms with Gasteiger partial charge in [0.2, 0.25) is 0 Å². The molecule has 0 aromatic carbocycles. The first-order valence-electron chi connectivity index (χ1n) is 6.19. The van der Waals surface area contributed by atoms with E-state index in [2.05, 4.69) is 20.6 Å². The Morgan fingerprint density at radius 1 is 1.33 bits per heavy atom. The topological polar surface area (TPSA) is 104 Å². The molecule has 0 aliphatic heterocycles. The first-order valence-corrected chi connectivity index (χ1v) is 7.07. The number of nitrogens with one attached hydrogen (secondary N) is 2. The maximum absolute atomic E-state index is 11.9. The fourth-order valence-electron chi connectivity index (χ4n) is 1.54. The molecule has 0 aliphatic carbocycles. The number of hydrogen-bond acceptors (Lipinski definition) is 5. The summed E-state index contributed by atoms with van der Waals surface area (Å²) in [6.45, 7) is 4.02. The van der Waals surface area contributed by atoms with Gasteiger partial charge in [-0.1, -0.05) is 13.8 Å². The van der Waals surface area contributed by atoms with Crippen LogP contribution in [0.3, 0.4) is 0 Å². The van der Waals surface area contributed by atoms with Crippen molar-refractivity contribution in [1.82, 2.24) is 9.97 Å². The lowest BCUT2D eigenvalue weighted by atomic mass is 10.2. The van der Waals surface area contributed by atoms with Crippen molar-refractivity contribution < 1.29 is 14.7 Å². The molecule has 0 spiro atoms. The van der Waals surface area contributed by atoms with Gasteiger partial charge in [-0.05, 0) is 18.1 Å². The Labute approximate surface area is 125 Å². The lowest BCUT2D eigenvalue weighted by Crippen LogP contribution is -2.21. The molecule has 2 amide bonds. The smallest absolute Gasteiger partial charge is 0.356 e. The Morgan fingerprint density at radius 3 is 2.71 bits per heavy atom. The average Bonchev–Trinajstić information content (AvgIpc) is 2.87. The maximum Gasteiger partial charge on any atom is 0.356 e. The van der Waals surface area contributed by atoms with Crippen molar-refractivity contribution >= 4 is 34.2 Å². The number of aromatic nitrogens is 2. The molecule has 110 valence electrons. The van der Waals surface area contributed by atoms with Crippen LogP contribution >= 0.6 is 11.3 Å². The van der Waals surface area contributed by atoms with Crippen molar-refractivity contribution in [2.45, 2.75) is 19.8 Å². The predicted octanol–water partition coefficient (Wildman–Crippen LogP) is 3.00. The Balaban J connectivity index is 2.06. The van der Waals surface area contributed by atoms with Gasteiger partial charge in [0.25, 0.3) is 0 Å². The molecule has 2 heterocycles. The standard InChI is InChI=1S/C13H14N4O3S/c1-7(2)9-6-21-13(16-9)17-12(20)15-8-4-3-5-14-10(8)11(18)19/h3-7H,1-2H3,(H,18,19)(H2,15,16,17,20). The summed E-state index contributed by atoms with van der Waals surface area (Å²) < 4.78 is 0. The number of carboxylic acid groups (broad SMARTS) is 1. The number of aromatic carboxylic acids is 1. The number of nitrogens with zero attached hydrogens (tertiary/aromatic N) is 2. The Kier molecular flexibility index (Phi) is 4.49. The van der Waals surface area contributed by atoms with E-state index in [9.17, 15) is 9.59 Å². The first-order chi connectivity index (χ1) is 9.97. The zero-order valence-electron chi connectivity index (χ0n) is 11.5. The molecule has 0 unspecified atom stereocenters. The second kappa shape index (κ2) is 6.31. The van der Waals surface area contributed by atoms with E-state index in [1.165, 1.54) is 23.6 Å². The normalized spacial score (nSPS) is 10.4. The molecule has 2 aromatic rings. The van der Waals surface area contributed by atoms with Crippen LogP contribution in [-0.2, 0) is 0 Å². The molecule has 0 fully saturated rings. The van der Waals surface area contributed by atoms with Crippen LogP contribution in [0.5, 0.6) is 0 Å². The second-order valence-corrected chi connectivity index (χ2v) is 5.37. The summed E-state index contributed by atoms with van der Waals surface area (Å²) in [5, 5.41) is 16.3. The van der Waals surface area contributed by atoms with E-state index < -0.39 is 12.0 Å². The summed E-state index contributed by atoms with van der Waals surface area (Å²) in [6, 6.07) is 2.45. The molecule has 7 nitrogen and oxygen atoms in total. The van der Waals surface area contributed by atoms with Crippen LogP contribution in [0, 0.1) is 0 Å². The molecule has 8 heteroatoms. The zero-order valence-corrected chi connectivity index (χ0v) is 12.3. The third kappa shape index (κ3) is 3.76. The number of amides is 2. The van der Waals surface area contributed by atoms with Crippen molar-refractivity contribution in [1.29, 1.82) is 0 Å². The number of anilines is 2. The van der Waals surface area contributed by atoms with Gasteiger partial charge in [0.05, 0.1) is 11.4 Å². The van der Waals surface area contributed by atoms with Crippen LogP contribution in [0.15, 0.2) is 23.7 Å². The monoisotopic (exact) mass is 306 g/mol. The fourth-order valence-corrected chi connectivity index (χ4v) is 2.40. The third-order valence-electron chi connectivity index (χ3n) is 2.59. The van der Waals surface area contributed by atoms with E-state index in [4.69, 9.17) is 5.11 Å². The highest BCUT2D eigenvalue weighted by Crippen LogP contribution is 2.21. The summed E-state index contributed by atoms with van der Waals surface area (Å²) in [5.41, 5.74) is 0.806. The molecular weight excluding hydrogens is 292 g/mol. The van der Waals surface area contributed by atoms with Crippen molar-refractivity contribution in [2.24, 2.45) is 0 Å². The third-order valence-corrected chi connectivity index (χ3v) is 3.37. The van der Waals surface area contributed by atoms with Gasteiger partial charge >= 0.3 is 12.0 Å². The SMILES string of the molecule is CC(C)c1csc(NC(=O)Nc2cccnc2C(=O)O)n1. The number of thiazole rings is 1. The lowest BCUT2D eigenvalue weighted by Gasteiger charge is -2.07. The summed E-state index contributed by atoms with van der Waals surface area (Å²) >= 11 is 1.31. The molecule has 3 N–H and O–H groups in total. The minimum atomic E-state index is -1.21. The van der Waals surface area contributed by atoms with Crippen LogP contribution in [0.1, 0.15) is 35.9 Å².